The van der Waals surface area contributed by atoms with Crippen molar-refractivity contribution in [3.8, 4) is 11.5 Å². The lowest BCUT2D eigenvalue weighted by Crippen LogP contribution is -2.19. The number of benzene rings is 2. The largest absolute Gasteiger partial charge is 0.508 e. The Balaban J connectivity index is 2.21. The lowest BCUT2D eigenvalue weighted by molar-refractivity contribution is 0.0696. The number of aromatic carboxylic acids is 1. The van der Waals surface area contributed by atoms with Crippen LogP contribution in [0.1, 0.15) is 44.7 Å². The first kappa shape index (κ1) is 15.9. The summed E-state index contributed by atoms with van der Waals surface area (Å²) in [7, 11) is 1.48. The van der Waals surface area contributed by atoms with E-state index in [0.29, 0.717) is 11.3 Å². The highest BCUT2D eigenvalue weighted by molar-refractivity contribution is 6.00. The molecule has 2 aromatic rings. The fourth-order valence-electron chi connectivity index (χ4n) is 3.12. The van der Waals surface area contributed by atoms with Crippen LogP contribution in [0.25, 0.3) is 0 Å². The lowest BCUT2D eigenvalue weighted by Gasteiger charge is -2.15. The average Bonchev–Trinajstić information content (AvgIpc) is 2.88. The third-order valence-electron chi connectivity index (χ3n) is 4.17. The molecule has 0 saturated carbocycles. The van der Waals surface area contributed by atoms with Crippen molar-refractivity contribution in [2.75, 3.05) is 7.05 Å². The van der Waals surface area contributed by atoms with Crippen LogP contribution in [-0.4, -0.2) is 35.2 Å². The molecule has 2 aromatic carbocycles. The van der Waals surface area contributed by atoms with Gasteiger partial charge in [0.25, 0.3) is 5.91 Å². The van der Waals surface area contributed by atoms with Gasteiger partial charge in [-0.2, -0.15) is 0 Å². The van der Waals surface area contributed by atoms with Gasteiger partial charge in [-0.3, -0.25) is 4.79 Å². The predicted molar refractivity (Wildman–Crippen MR) is 86.8 cm³/mol. The van der Waals surface area contributed by atoms with Gasteiger partial charge in [-0.05, 0) is 36.8 Å². The van der Waals surface area contributed by atoms with Crippen LogP contribution in [0.3, 0.4) is 0 Å². The fourth-order valence-corrected chi connectivity index (χ4v) is 3.12. The van der Waals surface area contributed by atoms with E-state index in [1.54, 1.807) is 18.2 Å². The maximum Gasteiger partial charge on any atom is 0.335 e. The van der Waals surface area contributed by atoms with E-state index in [2.05, 4.69) is 5.32 Å². The van der Waals surface area contributed by atoms with Gasteiger partial charge < -0.3 is 20.3 Å². The van der Waals surface area contributed by atoms with E-state index in [-0.39, 0.29) is 28.9 Å². The second-order valence-corrected chi connectivity index (χ2v) is 5.72. The van der Waals surface area contributed by atoms with Gasteiger partial charge in [0.15, 0.2) is 0 Å². The molecule has 0 spiro atoms. The number of carbonyl (C=O) groups is 2. The second-order valence-electron chi connectivity index (χ2n) is 5.72. The number of carboxylic acids is 1. The summed E-state index contributed by atoms with van der Waals surface area (Å²) in [5.74, 6) is -1.28. The van der Waals surface area contributed by atoms with Crippen LogP contribution in [0, 0.1) is 0 Å². The number of ether oxygens (including phenoxy) is 1. The van der Waals surface area contributed by atoms with E-state index in [1.165, 1.54) is 19.2 Å². The number of hydrogen-bond donors (Lipinski definition) is 3. The number of rotatable bonds is 3. The highest BCUT2D eigenvalue weighted by Gasteiger charge is 2.36. The summed E-state index contributed by atoms with van der Waals surface area (Å²) in [5, 5.41) is 21.6. The third-order valence-corrected chi connectivity index (χ3v) is 4.17. The number of fused-ring (bicyclic) bond motifs is 1. The standard InChI is InChI=1S/C18H17NO5/c1-9-15(10-4-3-5-12(20)6-10)13-7-11(18(22)23)8-14(16(13)24-9)17(21)19-2/h3-9,15,20H,1-2H3,(H,19,21)(H,22,23). The summed E-state index contributed by atoms with van der Waals surface area (Å²) in [5.41, 5.74) is 1.65. The Hall–Kier alpha value is -3.02. The monoisotopic (exact) mass is 327 g/mol. The molecule has 0 radical (unpaired) electrons. The molecule has 1 aliphatic heterocycles. The zero-order valence-electron chi connectivity index (χ0n) is 13.2. The molecule has 3 rings (SSSR count). The summed E-state index contributed by atoms with van der Waals surface area (Å²) in [6.07, 6.45) is -0.297. The molecule has 2 atom stereocenters. The minimum Gasteiger partial charge on any atom is -0.508 e. The maximum atomic E-state index is 12.1. The van der Waals surface area contributed by atoms with Crippen LogP contribution in [0.15, 0.2) is 36.4 Å². The van der Waals surface area contributed by atoms with Gasteiger partial charge in [0.2, 0.25) is 0 Å². The molecule has 2 unspecified atom stereocenters. The highest BCUT2D eigenvalue weighted by Crippen LogP contribution is 2.45. The van der Waals surface area contributed by atoms with Crippen LogP contribution >= 0.6 is 0 Å². The molecule has 0 saturated heterocycles. The summed E-state index contributed by atoms with van der Waals surface area (Å²) in [4.78, 5) is 23.6. The Labute approximate surface area is 138 Å². The fraction of sp³-hybridized carbons (Fsp3) is 0.222. The third kappa shape index (κ3) is 2.56. The highest BCUT2D eigenvalue weighted by atomic mass is 16.5. The van der Waals surface area contributed by atoms with E-state index in [4.69, 9.17) is 4.74 Å². The zero-order chi connectivity index (χ0) is 17.4. The number of carbonyl (C=O) groups excluding carboxylic acids is 1. The van der Waals surface area contributed by atoms with Gasteiger partial charge in [-0.15, -0.1) is 0 Å². The Kier molecular flexibility index (Phi) is 3.89. The number of hydrogen-bond acceptors (Lipinski definition) is 4. The number of carboxylic acid groups (broad SMARTS) is 1. The summed E-state index contributed by atoms with van der Waals surface area (Å²) in [6, 6.07) is 9.59. The first-order valence-electron chi connectivity index (χ1n) is 7.51. The van der Waals surface area contributed by atoms with E-state index in [1.807, 2.05) is 13.0 Å². The van der Waals surface area contributed by atoms with Crippen molar-refractivity contribution >= 4 is 11.9 Å². The Bertz CT molecular complexity index is 830. The van der Waals surface area contributed by atoms with Crippen molar-refractivity contribution in [1.82, 2.24) is 5.32 Å². The zero-order valence-corrected chi connectivity index (χ0v) is 13.2. The second kappa shape index (κ2) is 5.88. The van der Waals surface area contributed by atoms with Crippen molar-refractivity contribution < 1.29 is 24.5 Å². The van der Waals surface area contributed by atoms with Crippen molar-refractivity contribution in [1.29, 1.82) is 0 Å². The first-order chi connectivity index (χ1) is 11.4. The molecular formula is C18H17NO5. The normalized spacial score (nSPS) is 18.6. The number of aromatic hydroxyl groups is 1. The molecule has 0 fully saturated rings. The first-order valence-corrected chi connectivity index (χ1v) is 7.51. The van der Waals surface area contributed by atoms with Crippen LogP contribution < -0.4 is 10.1 Å². The van der Waals surface area contributed by atoms with Gasteiger partial charge in [0, 0.05) is 18.5 Å². The van der Waals surface area contributed by atoms with Gasteiger partial charge in [-0.1, -0.05) is 12.1 Å². The van der Waals surface area contributed by atoms with Gasteiger partial charge in [-0.25, -0.2) is 4.79 Å². The van der Waals surface area contributed by atoms with Crippen molar-refractivity contribution in [2.24, 2.45) is 0 Å². The SMILES string of the molecule is CNC(=O)c1cc(C(=O)O)cc2c1OC(C)C2c1cccc(O)c1. The molecule has 6 heteroatoms. The minimum atomic E-state index is -1.11. The topological polar surface area (TPSA) is 95.9 Å². The predicted octanol–water partition coefficient (Wildman–Crippen LogP) is 2.36. The molecule has 0 aromatic heterocycles. The van der Waals surface area contributed by atoms with E-state index in [0.717, 1.165) is 5.56 Å². The number of phenolic OH excluding ortho intramolecular Hbond substituents is 1. The Morgan fingerprint density at radius 3 is 2.58 bits per heavy atom. The van der Waals surface area contributed by atoms with Crippen LogP contribution in [0.5, 0.6) is 11.5 Å². The molecule has 1 heterocycles. The number of nitrogens with one attached hydrogen (secondary N) is 1. The smallest absolute Gasteiger partial charge is 0.335 e. The van der Waals surface area contributed by atoms with Gasteiger partial charge in [0.1, 0.15) is 17.6 Å². The minimum absolute atomic E-state index is 0.0233. The molecule has 24 heavy (non-hydrogen) atoms. The van der Waals surface area contributed by atoms with Crippen molar-refractivity contribution in [3.05, 3.63) is 58.7 Å². The quantitative estimate of drug-likeness (QED) is 0.804. The van der Waals surface area contributed by atoms with E-state index < -0.39 is 11.9 Å². The number of phenols is 1. The van der Waals surface area contributed by atoms with Crippen LogP contribution in [0.2, 0.25) is 0 Å². The number of amides is 1. The summed E-state index contributed by atoms with van der Waals surface area (Å²) >= 11 is 0. The van der Waals surface area contributed by atoms with E-state index in [9.17, 15) is 19.8 Å². The molecule has 1 aliphatic rings. The van der Waals surface area contributed by atoms with Crippen LogP contribution in [0.4, 0.5) is 0 Å². The molecule has 0 bridgehead atoms. The van der Waals surface area contributed by atoms with Gasteiger partial charge >= 0.3 is 5.97 Å². The molecule has 6 nitrogen and oxygen atoms in total. The van der Waals surface area contributed by atoms with Gasteiger partial charge in [0.05, 0.1) is 11.1 Å². The van der Waals surface area contributed by atoms with Crippen molar-refractivity contribution in [2.45, 2.75) is 18.9 Å². The van der Waals surface area contributed by atoms with E-state index >= 15 is 0 Å². The summed E-state index contributed by atoms with van der Waals surface area (Å²) in [6.45, 7) is 1.85. The molecule has 1 amide bonds. The Morgan fingerprint density at radius 1 is 1.21 bits per heavy atom. The summed E-state index contributed by atoms with van der Waals surface area (Å²) < 4.78 is 5.87. The van der Waals surface area contributed by atoms with Crippen molar-refractivity contribution in [3.63, 3.8) is 0 Å². The lowest BCUT2D eigenvalue weighted by atomic mass is 9.87. The van der Waals surface area contributed by atoms with Crippen LogP contribution in [-0.2, 0) is 0 Å². The molecule has 124 valence electrons. The maximum absolute atomic E-state index is 12.1. The molecule has 0 aliphatic carbocycles. The average molecular weight is 327 g/mol. The molecule has 3 N–H and O–H groups in total. The molecular weight excluding hydrogens is 310 g/mol. The Morgan fingerprint density at radius 2 is 1.96 bits per heavy atom.